The Balaban J connectivity index is 1.27. The van der Waals surface area contributed by atoms with Crippen LogP contribution in [0.1, 0.15) is 38.3 Å². The van der Waals surface area contributed by atoms with Crippen LogP contribution in [0.5, 0.6) is 0 Å². The lowest BCUT2D eigenvalue weighted by atomic mass is 9.81. The zero-order valence-electron chi connectivity index (χ0n) is 35.3. The summed E-state index contributed by atoms with van der Waals surface area (Å²) >= 11 is 0. The number of hydrogen-bond acceptors (Lipinski definition) is 2. The molecule has 2 heteroatoms. The van der Waals surface area contributed by atoms with Crippen LogP contribution in [0.2, 0.25) is 0 Å². The van der Waals surface area contributed by atoms with E-state index >= 15 is 0 Å². The highest BCUT2D eigenvalue weighted by Crippen LogP contribution is 2.57. The van der Waals surface area contributed by atoms with Crippen LogP contribution in [0, 0.1) is 5.92 Å². The number of rotatable bonds is 6. The normalized spacial score (nSPS) is 15.3. The first-order valence-corrected chi connectivity index (χ1v) is 22.0. The molecule has 0 fully saturated rings. The predicted molar refractivity (Wildman–Crippen MR) is 266 cm³/mol. The lowest BCUT2D eigenvalue weighted by molar-refractivity contribution is 0.661. The molecule has 0 N–H and O–H groups in total. The molecule has 0 spiro atoms. The highest BCUT2D eigenvalue weighted by molar-refractivity contribution is 6.24. The molecule has 0 saturated heterocycles. The molecule has 2 nitrogen and oxygen atoms in total. The van der Waals surface area contributed by atoms with Crippen molar-refractivity contribution in [1.82, 2.24) is 0 Å². The fraction of sp³-hybridized carbons (Fsp3) is 0.100. The summed E-state index contributed by atoms with van der Waals surface area (Å²) in [6.07, 6.45) is 7.90. The SMILES string of the molecule is CC1CC=CC=C1N(c1ccc2ccccc2c1)c1c2ccccc2c(N(c2ccccc2)c2ccc3ccccc3c2)c2cc3c(cc12)C(C)(C)c1ccc2ccccc2c1-3. The Morgan fingerprint density at radius 2 is 0.968 bits per heavy atom. The van der Waals surface area contributed by atoms with E-state index in [1.807, 2.05) is 0 Å². The van der Waals surface area contributed by atoms with Gasteiger partial charge in [0, 0.05) is 55.6 Å². The van der Waals surface area contributed by atoms with Crippen molar-refractivity contribution in [2.24, 2.45) is 5.92 Å². The minimum Gasteiger partial charge on any atom is -0.313 e. The maximum atomic E-state index is 2.61. The molecule has 2 aliphatic rings. The van der Waals surface area contributed by atoms with Crippen molar-refractivity contribution in [2.75, 3.05) is 9.80 Å². The number of fused-ring (bicyclic) bond motifs is 9. The van der Waals surface area contributed by atoms with E-state index in [4.69, 9.17) is 0 Å². The number of hydrogen-bond donors (Lipinski definition) is 0. The molecule has 1 atom stereocenters. The van der Waals surface area contributed by atoms with Gasteiger partial charge in [-0.25, -0.2) is 0 Å². The summed E-state index contributed by atoms with van der Waals surface area (Å²) in [6, 6.07) is 70.2. The van der Waals surface area contributed by atoms with Crippen LogP contribution in [-0.4, -0.2) is 0 Å². The molecule has 12 rings (SSSR count). The zero-order valence-corrected chi connectivity index (χ0v) is 35.3. The van der Waals surface area contributed by atoms with Crippen molar-refractivity contribution >= 4 is 82.3 Å². The number of benzene rings is 10. The molecule has 0 aliphatic heterocycles. The van der Waals surface area contributed by atoms with Gasteiger partial charge >= 0.3 is 0 Å². The molecule has 62 heavy (non-hydrogen) atoms. The highest BCUT2D eigenvalue weighted by Gasteiger charge is 2.38. The first-order chi connectivity index (χ1) is 30.4. The maximum Gasteiger partial charge on any atom is 0.0620 e. The second kappa shape index (κ2) is 14.1. The fourth-order valence-electron chi connectivity index (χ4n) is 10.7. The van der Waals surface area contributed by atoms with Crippen molar-refractivity contribution in [2.45, 2.75) is 32.6 Å². The third-order valence-electron chi connectivity index (χ3n) is 13.8. The summed E-state index contributed by atoms with van der Waals surface area (Å²) in [5.41, 5.74) is 12.3. The Morgan fingerprint density at radius 1 is 0.435 bits per heavy atom. The molecule has 10 aromatic carbocycles. The van der Waals surface area contributed by atoms with Crippen LogP contribution in [0.25, 0.3) is 65.0 Å². The van der Waals surface area contributed by atoms with E-state index in [2.05, 4.69) is 237 Å². The van der Waals surface area contributed by atoms with E-state index in [9.17, 15) is 0 Å². The van der Waals surface area contributed by atoms with Gasteiger partial charge < -0.3 is 9.80 Å². The largest absolute Gasteiger partial charge is 0.313 e. The van der Waals surface area contributed by atoms with Gasteiger partial charge in [0.1, 0.15) is 0 Å². The predicted octanol–water partition coefficient (Wildman–Crippen LogP) is 16.8. The summed E-state index contributed by atoms with van der Waals surface area (Å²) in [4.78, 5) is 5.12. The first-order valence-electron chi connectivity index (χ1n) is 22.0. The number of allylic oxidation sites excluding steroid dienone is 4. The summed E-state index contributed by atoms with van der Waals surface area (Å²) in [6.45, 7) is 7.22. The molecule has 0 radical (unpaired) electrons. The van der Waals surface area contributed by atoms with Crippen molar-refractivity contribution in [1.29, 1.82) is 0 Å². The zero-order chi connectivity index (χ0) is 41.5. The average molecular weight is 795 g/mol. The van der Waals surface area contributed by atoms with Crippen molar-refractivity contribution < 1.29 is 0 Å². The third kappa shape index (κ3) is 5.56. The van der Waals surface area contributed by atoms with Gasteiger partial charge in [0.15, 0.2) is 0 Å². The lowest BCUT2D eigenvalue weighted by Gasteiger charge is -2.36. The van der Waals surface area contributed by atoms with Crippen molar-refractivity contribution in [3.8, 4) is 11.1 Å². The smallest absolute Gasteiger partial charge is 0.0620 e. The average Bonchev–Trinajstić information content (AvgIpc) is 3.55. The molecular weight excluding hydrogens is 749 g/mol. The monoisotopic (exact) mass is 794 g/mol. The van der Waals surface area contributed by atoms with E-state index in [1.54, 1.807) is 0 Å². The quantitative estimate of drug-likeness (QED) is 0.122. The van der Waals surface area contributed by atoms with E-state index < -0.39 is 0 Å². The fourth-order valence-corrected chi connectivity index (χ4v) is 10.7. The van der Waals surface area contributed by atoms with E-state index in [1.165, 1.54) is 98.9 Å². The highest BCUT2D eigenvalue weighted by atomic mass is 15.2. The van der Waals surface area contributed by atoms with Crippen molar-refractivity contribution in [3.63, 3.8) is 0 Å². The minimum absolute atomic E-state index is 0.225. The molecule has 296 valence electrons. The first kappa shape index (κ1) is 36.4. The summed E-state index contributed by atoms with van der Waals surface area (Å²) in [5, 5.41) is 12.4. The minimum atomic E-state index is -0.225. The maximum absolute atomic E-state index is 2.61. The Bertz CT molecular complexity index is 3500. The van der Waals surface area contributed by atoms with Crippen LogP contribution < -0.4 is 9.80 Å². The van der Waals surface area contributed by atoms with Gasteiger partial charge in [0.2, 0.25) is 0 Å². The molecule has 0 bridgehead atoms. The number of para-hydroxylation sites is 1. The topological polar surface area (TPSA) is 6.48 Å². The molecular formula is C60H46N2. The van der Waals surface area contributed by atoms with Gasteiger partial charge in [-0.1, -0.05) is 172 Å². The Labute approximate surface area is 363 Å². The van der Waals surface area contributed by atoms with Gasteiger partial charge in [-0.2, -0.15) is 0 Å². The van der Waals surface area contributed by atoms with Crippen molar-refractivity contribution in [3.05, 3.63) is 223 Å². The van der Waals surface area contributed by atoms with Gasteiger partial charge in [-0.15, -0.1) is 0 Å². The molecule has 1 unspecified atom stereocenters. The Morgan fingerprint density at radius 3 is 1.63 bits per heavy atom. The van der Waals surface area contributed by atoms with E-state index in [0.717, 1.165) is 17.8 Å². The van der Waals surface area contributed by atoms with Crippen LogP contribution in [0.3, 0.4) is 0 Å². The van der Waals surface area contributed by atoms with Crippen LogP contribution >= 0.6 is 0 Å². The van der Waals surface area contributed by atoms with Crippen LogP contribution in [-0.2, 0) is 5.41 Å². The lowest BCUT2D eigenvalue weighted by Crippen LogP contribution is -2.23. The van der Waals surface area contributed by atoms with E-state index in [-0.39, 0.29) is 5.41 Å². The second-order valence-electron chi connectivity index (χ2n) is 17.7. The second-order valence-corrected chi connectivity index (χ2v) is 17.7. The van der Waals surface area contributed by atoms with Gasteiger partial charge in [0.25, 0.3) is 0 Å². The summed E-state index contributed by atoms with van der Waals surface area (Å²) in [7, 11) is 0. The molecule has 0 amide bonds. The third-order valence-corrected chi connectivity index (χ3v) is 13.8. The summed E-state index contributed by atoms with van der Waals surface area (Å²) in [5.74, 6) is 0.305. The molecule has 10 aromatic rings. The Kier molecular flexibility index (Phi) is 8.27. The van der Waals surface area contributed by atoms with Crippen LogP contribution in [0.15, 0.2) is 212 Å². The standard InChI is InChI=1S/C60H46N2/c1-39-17-7-16-28-56(39)62(47-33-30-41-19-9-11-22-44(41)36-47)59-50-27-15-14-26-49(50)58(61(45-23-5-4-6-24-45)46-32-29-40-18-8-10-21-43(40)35-46)51-37-53-55(38-52(51)59)60(2,3)54-34-31-42-20-12-13-25-48(42)57(53)54/h4-16,18-39H,17H2,1-3H3. The number of nitrogens with zero attached hydrogens (tertiary/aromatic N) is 2. The van der Waals surface area contributed by atoms with Gasteiger partial charge in [-0.3, -0.25) is 0 Å². The molecule has 0 heterocycles. The molecule has 2 aliphatic carbocycles. The molecule has 0 aromatic heterocycles. The van der Waals surface area contributed by atoms with Gasteiger partial charge in [0.05, 0.1) is 11.4 Å². The van der Waals surface area contributed by atoms with Gasteiger partial charge in [-0.05, 0) is 116 Å². The number of anilines is 5. The summed E-state index contributed by atoms with van der Waals surface area (Å²) < 4.78 is 0. The van der Waals surface area contributed by atoms with Crippen LogP contribution in [0.4, 0.5) is 28.4 Å². The Hall–Kier alpha value is -7.42. The molecule has 0 saturated carbocycles. The van der Waals surface area contributed by atoms with E-state index in [0.29, 0.717) is 5.92 Å².